The number of nitrogens with one attached hydrogen (secondary N) is 1. The highest BCUT2D eigenvalue weighted by molar-refractivity contribution is 7.20. The van der Waals surface area contributed by atoms with Gasteiger partial charge in [-0.2, -0.15) is 0 Å². The predicted octanol–water partition coefficient (Wildman–Crippen LogP) is 3.76. The van der Waals surface area contributed by atoms with E-state index in [0.29, 0.717) is 10.9 Å². The first-order valence-electron chi connectivity index (χ1n) is 9.05. The van der Waals surface area contributed by atoms with Gasteiger partial charge in [-0.3, -0.25) is 4.79 Å². The van der Waals surface area contributed by atoms with Crippen LogP contribution in [0.4, 0.5) is 5.69 Å². The van der Waals surface area contributed by atoms with Crippen molar-refractivity contribution in [2.75, 3.05) is 18.0 Å². The third kappa shape index (κ3) is 3.59. The number of thiophene rings is 1. The number of hydrogen-bond donors (Lipinski definition) is 2. The predicted molar refractivity (Wildman–Crippen MR) is 109 cm³/mol. The maximum Gasteiger partial charge on any atom is 0.258 e. The van der Waals surface area contributed by atoms with Crippen LogP contribution in [0.15, 0.2) is 54.6 Å². The van der Waals surface area contributed by atoms with Crippen LogP contribution in [0.1, 0.15) is 28.1 Å². The second-order valence-electron chi connectivity index (χ2n) is 6.79. The molecule has 1 aromatic heterocycles. The van der Waals surface area contributed by atoms with Gasteiger partial charge in [-0.15, -0.1) is 11.3 Å². The van der Waals surface area contributed by atoms with Crippen LogP contribution >= 0.6 is 11.3 Å². The lowest BCUT2D eigenvalue weighted by Gasteiger charge is -2.36. The molecule has 26 heavy (non-hydrogen) atoms. The summed E-state index contributed by atoms with van der Waals surface area (Å²) in [6, 6.07) is 19.5. The molecule has 134 valence electrons. The SMILES string of the molecule is NC(=O)c1cc2cc(N(Cc3ccccc3)C3CCNCC3)ccc2s1. The number of rotatable bonds is 5. The van der Waals surface area contributed by atoms with E-state index < -0.39 is 0 Å². The van der Waals surface area contributed by atoms with Gasteiger partial charge >= 0.3 is 0 Å². The fourth-order valence-electron chi connectivity index (χ4n) is 3.66. The Labute approximate surface area is 157 Å². The highest BCUT2D eigenvalue weighted by Crippen LogP contribution is 2.32. The Bertz CT molecular complexity index is 900. The maximum atomic E-state index is 11.5. The van der Waals surface area contributed by atoms with Crippen molar-refractivity contribution in [3.63, 3.8) is 0 Å². The molecule has 4 rings (SSSR count). The number of carbonyl (C=O) groups is 1. The number of nitrogens with two attached hydrogens (primary N) is 1. The van der Waals surface area contributed by atoms with E-state index in [9.17, 15) is 4.79 Å². The second-order valence-corrected chi connectivity index (χ2v) is 7.88. The summed E-state index contributed by atoms with van der Waals surface area (Å²) in [6.07, 6.45) is 2.28. The van der Waals surface area contributed by atoms with Crippen LogP contribution in [-0.2, 0) is 6.54 Å². The zero-order valence-corrected chi connectivity index (χ0v) is 15.5. The van der Waals surface area contributed by atoms with Crippen molar-refractivity contribution in [1.29, 1.82) is 0 Å². The number of primary amides is 1. The molecule has 1 aliphatic heterocycles. The number of hydrogen-bond acceptors (Lipinski definition) is 4. The minimum atomic E-state index is -0.354. The van der Waals surface area contributed by atoms with Crippen LogP contribution < -0.4 is 16.0 Å². The van der Waals surface area contributed by atoms with Gasteiger partial charge in [0.1, 0.15) is 0 Å². The normalized spacial score (nSPS) is 15.2. The first kappa shape index (κ1) is 17.1. The minimum absolute atomic E-state index is 0.354. The molecular weight excluding hydrogens is 342 g/mol. The van der Waals surface area contributed by atoms with Crippen LogP contribution in [0, 0.1) is 0 Å². The number of piperidine rings is 1. The van der Waals surface area contributed by atoms with Gasteiger partial charge in [0.05, 0.1) is 4.88 Å². The average Bonchev–Trinajstić information content (AvgIpc) is 3.11. The third-order valence-corrected chi connectivity index (χ3v) is 6.15. The molecule has 1 fully saturated rings. The van der Waals surface area contributed by atoms with Crippen molar-refractivity contribution in [3.8, 4) is 0 Å². The summed E-state index contributed by atoms with van der Waals surface area (Å²) in [5.74, 6) is -0.354. The molecule has 0 saturated carbocycles. The molecule has 0 radical (unpaired) electrons. The standard InChI is InChI=1S/C21H23N3OS/c22-21(25)20-13-16-12-18(6-7-19(16)26-20)24(17-8-10-23-11-9-17)14-15-4-2-1-3-5-15/h1-7,12-13,17,23H,8-11,14H2,(H2,22,25). The van der Waals surface area contributed by atoms with Crippen LogP contribution in [0.3, 0.4) is 0 Å². The van der Waals surface area contributed by atoms with Crippen molar-refractivity contribution in [2.45, 2.75) is 25.4 Å². The number of nitrogens with zero attached hydrogens (tertiary/aromatic N) is 1. The monoisotopic (exact) mass is 365 g/mol. The zero-order valence-electron chi connectivity index (χ0n) is 14.7. The molecule has 0 aliphatic carbocycles. The lowest BCUT2D eigenvalue weighted by atomic mass is 10.0. The van der Waals surface area contributed by atoms with E-state index in [1.807, 2.05) is 6.07 Å². The highest BCUT2D eigenvalue weighted by atomic mass is 32.1. The molecule has 4 nitrogen and oxygen atoms in total. The van der Waals surface area contributed by atoms with E-state index in [1.165, 1.54) is 22.6 Å². The van der Waals surface area contributed by atoms with Gasteiger partial charge < -0.3 is 16.0 Å². The smallest absolute Gasteiger partial charge is 0.258 e. The lowest BCUT2D eigenvalue weighted by molar-refractivity contribution is 0.100. The van der Waals surface area contributed by atoms with E-state index in [2.05, 4.69) is 58.7 Å². The third-order valence-electron chi connectivity index (χ3n) is 5.02. The number of benzene rings is 2. The van der Waals surface area contributed by atoms with E-state index in [0.717, 1.165) is 42.6 Å². The molecule has 0 atom stereocenters. The Morgan fingerprint density at radius 2 is 1.88 bits per heavy atom. The molecule has 3 N–H and O–H groups in total. The highest BCUT2D eigenvalue weighted by Gasteiger charge is 2.22. The average molecular weight is 366 g/mol. The van der Waals surface area contributed by atoms with E-state index in [-0.39, 0.29) is 5.91 Å². The Hall–Kier alpha value is -2.37. The van der Waals surface area contributed by atoms with Crippen molar-refractivity contribution in [3.05, 3.63) is 65.0 Å². The number of anilines is 1. The van der Waals surface area contributed by atoms with Crippen molar-refractivity contribution >= 4 is 33.0 Å². The Balaban J connectivity index is 1.69. The fourth-order valence-corrected chi connectivity index (χ4v) is 4.56. The van der Waals surface area contributed by atoms with Crippen molar-refractivity contribution in [2.24, 2.45) is 5.73 Å². The molecule has 0 unspecified atom stereocenters. The molecule has 0 spiro atoms. The van der Waals surface area contributed by atoms with E-state index >= 15 is 0 Å². The van der Waals surface area contributed by atoms with Crippen molar-refractivity contribution < 1.29 is 4.79 Å². The molecule has 2 heterocycles. The van der Waals surface area contributed by atoms with Gasteiger partial charge in [-0.25, -0.2) is 0 Å². The van der Waals surface area contributed by atoms with Crippen LogP contribution in [-0.4, -0.2) is 25.0 Å². The summed E-state index contributed by atoms with van der Waals surface area (Å²) in [4.78, 5) is 14.6. The summed E-state index contributed by atoms with van der Waals surface area (Å²) in [7, 11) is 0. The molecule has 1 aliphatic rings. The number of amides is 1. The Kier molecular flexibility index (Phi) is 4.91. The van der Waals surface area contributed by atoms with Gasteiger partial charge in [0.15, 0.2) is 0 Å². The summed E-state index contributed by atoms with van der Waals surface area (Å²) in [5.41, 5.74) is 7.97. The maximum absolute atomic E-state index is 11.5. The quantitative estimate of drug-likeness (QED) is 0.724. The molecule has 0 bridgehead atoms. The molecule has 2 aromatic carbocycles. The van der Waals surface area contributed by atoms with Crippen LogP contribution in [0.5, 0.6) is 0 Å². The van der Waals surface area contributed by atoms with Gasteiger partial charge in [0.25, 0.3) is 5.91 Å². The second kappa shape index (κ2) is 7.48. The topological polar surface area (TPSA) is 58.4 Å². The summed E-state index contributed by atoms with van der Waals surface area (Å²) >= 11 is 1.46. The number of fused-ring (bicyclic) bond motifs is 1. The largest absolute Gasteiger partial charge is 0.365 e. The van der Waals surface area contributed by atoms with Crippen LogP contribution in [0.25, 0.3) is 10.1 Å². The summed E-state index contributed by atoms with van der Waals surface area (Å²) in [6.45, 7) is 3.01. The van der Waals surface area contributed by atoms with Gasteiger partial charge in [0, 0.05) is 23.0 Å². The van der Waals surface area contributed by atoms with E-state index in [1.54, 1.807) is 0 Å². The Morgan fingerprint density at radius 1 is 1.12 bits per heavy atom. The van der Waals surface area contributed by atoms with Gasteiger partial charge in [0.2, 0.25) is 0 Å². The summed E-state index contributed by atoms with van der Waals surface area (Å²) < 4.78 is 1.10. The lowest BCUT2D eigenvalue weighted by Crippen LogP contribution is -2.43. The van der Waals surface area contributed by atoms with Gasteiger partial charge in [-0.1, -0.05) is 30.3 Å². The Morgan fingerprint density at radius 3 is 2.62 bits per heavy atom. The first-order chi connectivity index (χ1) is 12.7. The fraction of sp³-hybridized carbons (Fsp3) is 0.286. The molecule has 5 heteroatoms. The van der Waals surface area contributed by atoms with Crippen LogP contribution in [0.2, 0.25) is 0 Å². The zero-order chi connectivity index (χ0) is 17.9. The van der Waals surface area contributed by atoms with E-state index in [4.69, 9.17) is 5.73 Å². The molecule has 1 saturated heterocycles. The number of carbonyl (C=O) groups excluding carboxylic acids is 1. The first-order valence-corrected chi connectivity index (χ1v) is 9.87. The van der Waals surface area contributed by atoms with Crippen molar-refractivity contribution in [1.82, 2.24) is 5.32 Å². The molecule has 3 aromatic rings. The molecular formula is C21H23N3OS. The van der Waals surface area contributed by atoms with Gasteiger partial charge in [-0.05, 0) is 61.1 Å². The minimum Gasteiger partial charge on any atom is -0.365 e. The molecule has 1 amide bonds. The summed E-state index contributed by atoms with van der Waals surface area (Å²) in [5, 5.41) is 4.54.